The third-order valence-electron chi connectivity index (χ3n) is 5.46. The Morgan fingerprint density at radius 1 is 1.46 bits per heavy atom. The highest BCUT2D eigenvalue weighted by Crippen LogP contribution is 2.39. The molecule has 1 aromatic rings. The SMILES string of the molecule is C=C(C)/C=C\N=C(/N)SC[C@@H]1C[C@@H]2Cc3c(O)cccc3C[C@H]2N(C)C1. The number of hydrogen-bond donors (Lipinski definition) is 2. The van der Waals surface area contributed by atoms with Gasteiger partial charge in [0.05, 0.1) is 0 Å². The number of benzene rings is 1. The van der Waals surface area contributed by atoms with Crippen LogP contribution in [0.1, 0.15) is 24.5 Å². The van der Waals surface area contributed by atoms with Crippen molar-refractivity contribution in [2.75, 3.05) is 19.3 Å². The van der Waals surface area contributed by atoms with Gasteiger partial charge in [-0.2, -0.15) is 0 Å². The Morgan fingerprint density at radius 2 is 2.27 bits per heavy atom. The Labute approximate surface area is 160 Å². The Bertz CT molecular complexity index is 728. The van der Waals surface area contributed by atoms with Crippen LogP contribution < -0.4 is 5.73 Å². The number of phenols is 1. The van der Waals surface area contributed by atoms with Crippen LogP contribution >= 0.6 is 11.8 Å². The van der Waals surface area contributed by atoms with Crippen molar-refractivity contribution in [1.29, 1.82) is 0 Å². The van der Waals surface area contributed by atoms with E-state index in [0.717, 1.165) is 36.3 Å². The fourth-order valence-electron chi connectivity index (χ4n) is 4.24. The topological polar surface area (TPSA) is 61.9 Å². The molecule has 140 valence electrons. The molecule has 1 aliphatic carbocycles. The Balaban J connectivity index is 1.61. The first-order valence-electron chi connectivity index (χ1n) is 9.22. The summed E-state index contributed by atoms with van der Waals surface area (Å²) in [7, 11) is 2.23. The van der Waals surface area contributed by atoms with Crippen molar-refractivity contribution in [2.24, 2.45) is 22.6 Å². The maximum absolute atomic E-state index is 10.2. The van der Waals surface area contributed by atoms with Gasteiger partial charge in [0.2, 0.25) is 0 Å². The lowest BCUT2D eigenvalue weighted by molar-refractivity contribution is 0.0793. The molecule has 3 N–H and O–H groups in total. The standard InChI is InChI=1S/C21H29N3OS/c1-14(2)7-8-23-21(22)26-13-15-9-17-10-18-16(5-4-6-20(18)25)11-19(17)24(3)12-15/h4-8,15,17,19,25H,1,9-13H2,2-3H3,(H2,22,23)/b8-7-/t15-,17-,19-/m1/s1. The first-order chi connectivity index (χ1) is 12.4. The molecule has 1 aromatic carbocycles. The lowest BCUT2D eigenvalue weighted by Crippen LogP contribution is -2.50. The van der Waals surface area contributed by atoms with Gasteiger partial charge in [0.15, 0.2) is 5.17 Å². The predicted octanol–water partition coefficient (Wildman–Crippen LogP) is 3.57. The average Bonchev–Trinajstić information content (AvgIpc) is 2.59. The predicted molar refractivity (Wildman–Crippen MR) is 112 cm³/mol. The minimum absolute atomic E-state index is 0.459. The van der Waals surface area contributed by atoms with Crippen molar-refractivity contribution in [3.05, 3.63) is 53.8 Å². The number of nitrogens with two attached hydrogens (primary N) is 1. The number of allylic oxidation sites excluding steroid dienone is 2. The highest BCUT2D eigenvalue weighted by molar-refractivity contribution is 8.13. The number of likely N-dealkylation sites (tertiary alicyclic amines) is 1. The van der Waals surface area contributed by atoms with E-state index in [1.165, 1.54) is 12.0 Å². The summed E-state index contributed by atoms with van der Waals surface area (Å²) in [5.74, 6) is 2.64. The normalized spacial score (nSPS) is 26.5. The molecule has 1 fully saturated rings. The quantitative estimate of drug-likeness (QED) is 0.483. The first-order valence-corrected chi connectivity index (χ1v) is 10.2. The molecule has 1 aliphatic heterocycles. The lowest BCUT2D eigenvalue weighted by atomic mass is 9.73. The Hall–Kier alpha value is -1.72. The summed E-state index contributed by atoms with van der Waals surface area (Å²) in [6, 6.07) is 6.52. The number of rotatable bonds is 4. The third-order valence-corrected chi connectivity index (χ3v) is 6.50. The van der Waals surface area contributed by atoms with Crippen molar-refractivity contribution < 1.29 is 5.11 Å². The number of nitrogens with zero attached hydrogens (tertiary/aromatic N) is 2. The van der Waals surface area contributed by atoms with Gasteiger partial charge < -0.3 is 15.7 Å². The molecule has 2 aliphatic rings. The molecule has 0 unspecified atom stereocenters. The molecular weight excluding hydrogens is 342 g/mol. The minimum Gasteiger partial charge on any atom is -0.508 e. The average molecular weight is 372 g/mol. The number of phenolic OH excluding ortho intramolecular Hbond substituents is 1. The van der Waals surface area contributed by atoms with E-state index in [-0.39, 0.29) is 0 Å². The van der Waals surface area contributed by atoms with Crippen LogP contribution in [0.15, 0.2) is 47.6 Å². The molecule has 0 spiro atoms. The van der Waals surface area contributed by atoms with E-state index in [1.54, 1.807) is 18.0 Å². The van der Waals surface area contributed by atoms with Gasteiger partial charge >= 0.3 is 0 Å². The molecule has 3 rings (SSSR count). The monoisotopic (exact) mass is 371 g/mol. The molecule has 0 radical (unpaired) electrons. The van der Waals surface area contributed by atoms with E-state index in [2.05, 4.69) is 29.6 Å². The zero-order valence-corrected chi connectivity index (χ0v) is 16.5. The van der Waals surface area contributed by atoms with Crippen molar-refractivity contribution in [3.8, 4) is 5.75 Å². The van der Waals surface area contributed by atoms with E-state index in [9.17, 15) is 5.11 Å². The van der Waals surface area contributed by atoms with Gasteiger partial charge in [0.1, 0.15) is 5.75 Å². The van der Waals surface area contributed by atoms with Crippen LogP contribution in [0, 0.1) is 11.8 Å². The molecule has 26 heavy (non-hydrogen) atoms. The van der Waals surface area contributed by atoms with Crippen LogP contribution in [0.2, 0.25) is 0 Å². The number of aromatic hydroxyl groups is 1. The number of fused-ring (bicyclic) bond motifs is 2. The van der Waals surface area contributed by atoms with Crippen LogP contribution in [0.4, 0.5) is 0 Å². The highest BCUT2D eigenvalue weighted by atomic mass is 32.2. The summed E-state index contributed by atoms with van der Waals surface area (Å²) in [4.78, 5) is 6.76. The summed E-state index contributed by atoms with van der Waals surface area (Å²) in [6.07, 6.45) is 6.78. The number of hydrogen-bond acceptors (Lipinski definition) is 4. The Kier molecular flexibility index (Phi) is 6.09. The molecule has 0 amide bonds. The van der Waals surface area contributed by atoms with Crippen molar-refractivity contribution in [2.45, 2.75) is 32.2 Å². The molecule has 0 aromatic heterocycles. The largest absolute Gasteiger partial charge is 0.508 e. The maximum Gasteiger partial charge on any atom is 0.158 e. The van der Waals surface area contributed by atoms with Crippen LogP contribution in [-0.4, -0.2) is 40.6 Å². The smallest absolute Gasteiger partial charge is 0.158 e. The number of thioether (sulfide) groups is 1. The highest BCUT2D eigenvalue weighted by Gasteiger charge is 2.38. The number of piperidine rings is 1. The Morgan fingerprint density at radius 3 is 3.04 bits per heavy atom. The van der Waals surface area contributed by atoms with Crippen molar-refractivity contribution in [1.82, 2.24) is 4.90 Å². The summed E-state index contributed by atoms with van der Waals surface area (Å²) >= 11 is 1.64. The zero-order chi connectivity index (χ0) is 18.7. The summed E-state index contributed by atoms with van der Waals surface area (Å²) in [5, 5.41) is 10.8. The molecule has 0 bridgehead atoms. The van der Waals surface area contributed by atoms with E-state index < -0.39 is 0 Å². The number of likely N-dealkylation sites (N-methyl/N-ethyl adjacent to an activating group) is 1. The second-order valence-electron chi connectivity index (χ2n) is 7.63. The van der Waals surface area contributed by atoms with E-state index in [0.29, 0.717) is 28.8 Å². The molecule has 0 saturated carbocycles. The van der Waals surface area contributed by atoms with Crippen LogP contribution in [0.25, 0.3) is 0 Å². The second kappa shape index (κ2) is 8.31. The lowest BCUT2D eigenvalue weighted by Gasteiger charge is -2.46. The van der Waals surface area contributed by atoms with Crippen LogP contribution in [0.5, 0.6) is 5.75 Å². The van der Waals surface area contributed by atoms with E-state index in [4.69, 9.17) is 5.73 Å². The van der Waals surface area contributed by atoms with E-state index in [1.807, 2.05) is 25.1 Å². The van der Waals surface area contributed by atoms with Gasteiger partial charge in [0, 0.05) is 24.5 Å². The van der Waals surface area contributed by atoms with Gasteiger partial charge in [-0.25, -0.2) is 4.99 Å². The second-order valence-corrected chi connectivity index (χ2v) is 8.67. The molecule has 4 nitrogen and oxygen atoms in total. The van der Waals surface area contributed by atoms with Gasteiger partial charge in [0.25, 0.3) is 0 Å². The van der Waals surface area contributed by atoms with Gasteiger partial charge in [-0.05, 0) is 68.3 Å². The van der Waals surface area contributed by atoms with Gasteiger partial charge in [-0.1, -0.05) is 36.0 Å². The van der Waals surface area contributed by atoms with Gasteiger partial charge in [-0.15, -0.1) is 0 Å². The fraction of sp³-hybridized carbons (Fsp3) is 0.476. The zero-order valence-electron chi connectivity index (χ0n) is 15.7. The minimum atomic E-state index is 0.459. The number of amidine groups is 1. The summed E-state index contributed by atoms with van der Waals surface area (Å²) in [5.41, 5.74) is 9.44. The maximum atomic E-state index is 10.2. The fourth-order valence-corrected chi connectivity index (χ4v) is 5.02. The molecule has 1 saturated heterocycles. The number of aliphatic imine (C=N–C) groups is 1. The summed E-state index contributed by atoms with van der Waals surface area (Å²) in [6.45, 7) is 6.84. The molecule has 1 heterocycles. The van der Waals surface area contributed by atoms with Crippen molar-refractivity contribution in [3.63, 3.8) is 0 Å². The molecular formula is C21H29N3OS. The van der Waals surface area contributed by atoms with Crippen LogP contribution in [0.3, 0.4) is 0 Å². The molecule has 5 heteroatoms. The molecule has 3 atom stereocenters. The van der Waals surface area contributed by atoms with Crippen LogP contribution in [-0.2, 0) is 12.8 Å². The summed E-state index contributed by atoms with van der Waals surface area (Å²) < 4.78 is 0. The first kappa shape index (κ1) is 19.1. The third kappa shape index (κ3) is 4.51. The van der Waals surface area contributed by atoms with E-state index >= 15 is 0 Å². The van der Waals surface area contributed by atoms with Crippen molar-refractivity contribution >= 4 is 16.9 Å². The van der Waals surface area contributed by atoms with Gasteiger partial charge in [-0.3, -0.25) is 0 Å².